The first-order valence-electron chi connectivity index (χ1n) is 21.2. The molecule has 0 spiro atoms. The van der Waals surface area contributed by atoms with E-state index < -0.39 is 0 Å². The average molecular weight is 781 g/mol. The molecule has 0 aromatic heterocycles. The molecule has 61 heavy (non-hydrogen) atoms. The van der Waals surface area contributed by atoms with Gasteiger partial charge >= 0.3 is 0 Å². The molecule has 0 unspecified atom stereocenters. The third kappa shape index (κ3) is 6.10. The van der Waals surface area contributed by atoms with Crippen LogP contribution in [0.25, 0.3) is 33.4 Å². The largest absolute Gasteiger partial charge is 0.310 e. The minimum Gasteiger partial charge on any atom is -0.310 e. The molecule has 0 amide bonds. The Hall–Kier alpha value is -7.68. The molecule has 11 rings (SSSR count). The van der Waals surface area contributed by atoms with Crippen LogP contribution in [0.1, 0.15) is 47.2 Å². The zero-order chi connectivity index (χ0) is 40.9. The molecule has 9 aromatic carbocycles. The zero-order valence-corrected chi connectivity index (χ0v) is 34.3. The van der Waals surface area contributed by atoms with E-state index in [1.807, 2.05) is 0 Å². The SMILES string of the molecule is CC1(C)c2ccccc2-c2ccc(N(c3ccc4c(c3)N(c3ccccc3)c3ccccc3C4=C(c3ccccc3)c3ccccc3)c3ccccc3-c3ccccc3)cc21. The highest BCUT2D eigenvalue weighted by Gasteiger charge is 2.36. The van der Waals surface area contributed by atoms with Crippen LogP contribution in [0.4, 0.5) is 34.1 Å². The van der Waals surface area contributed by atoms with E-state index in [4.69, 9.17) is 0 Å². The summed E-state index contributed by atoms with van der Waals surface area (Å²) in [5.41, 5.74) is 21.4. The van der Waals surface area contributed by atoms with Crippen LogP contribution in [-0.4, -0.2) is 0 Å². The summed E-state index contributed by atoms with van der Waals surface area (Å²) in [6.45, 7) is 4.73. The summed E-state index contributed by atoms with van der Waals surface area (Å²) in [5.74, 6) is 0. The second-order valence-electron chi connectivity index (χ2n) is 16.5. The summed E-state index contributed by atoms with van der Waals surface area (Å²) in [6.07, 6.45) is 0. The highest BCUT2D eigenvalue weighted by Crippen LogP contribution is 2.55. The van der Waals surface area contributed by atoms with Gasteiger partial charge in [0.25, 0.3) is 0 Å². The number of fused-ring (bicyclic) bond motifs is 5. The van der Waals surface area contributed by atoms with Crippen molar-refractivity contribution in [2.75, 3.05) is 9.80 Å². The number of benzene rings is 9. The molecule has 0 saturated carbocycles. The van der Waals surface area contributed by atoms with Crippen molar-refractivity contribution in [3.05, 3.63) is 264 Å². The number of nitrogens with zero attached hydrogens (tertiary/aromatic N) is 2. The fraction of sp³-hybridized carbons (Fsp3) is 0.0508. The van der Waals surface area contributed by atoms with Crippen molar-refractivity contribution in [1.82, 2.24) is 0 Å². The molecule has 2 aliphatic rings. The van der Waals surface area contributed by atoms with Crippen LogP contribution < -0.4 is 9.80 Å². The van der Waals surface area contributed by atoms with Crippen molar-refractivity contribution in [3.8, 4) is 22.3 Å². The van der Waals surface area contributed by atoms with Crippen molar-refractivity contribution in [2.45, 2.75) is 19.3 Å². The third-order valence-corrected chi connectivity index (χ3v) is 12.6. The van der Waals surface area contributed by atoms with Crippen LogP contribution in [-0.2, 0) is 5.41 Å². The lowest BCUT2D eigenvalue weighted by Gasteiger charge is -2.37. The van der Waals surface area contributed by atoms with Gasteiger partial charge in [-0.05, 0) is 93.0 Å². The molecule has 0 N–H and O–H groups in total. The Balaban J connectivity index is 1.21. The molecule has 2 heteroatoms. The Morgan fingerprint density at radius 3 is 1.57 bits per heavy atom. The van der Waals surface area contributed by atoms with Crippen LogP contribution in [0.5, 0.6) is 0 Å². The fourth-order valence-electron chi connectivity index (χ4n) is 9.79. The second kappa shape index (κ2) is 14.9. The number of hydrogen-bond acceptors (Lipinski definition) is 2. The van der Waals surface area contributed by atoms with Gasteiger partial charge < -0.3 is 9.80 Å². The summed E-state index contributed by atoms with van der Waals surface area (Å²) in [7, 11) is 0. The van der Waals surface area contributed by atoms with Crippen LogP contribution in [0.3, 0.4) is 0 Å². The summed E-state index contributed by atoms with van der Waals surface area (Å²) < 4.78 is 0. The minimum absolute atomic E-state index is 0.152. The lowest BCUT2D eigenvalue weighted by molar-refractivity contribution is 0.660. The Kier molecular flexibility index (Phi) is 8.86. The summed E-state index contributed by atoms with van der Waals surface area (Å²) in [4.78, 5) is 4.93. The van der Waals surface area contributed by atoms with Gasteiger partial charge in [-0.25, -0.2) is 0 Å². The fourth-order valence-corrected chi connectivity index (χ4v) is 9.79. The molecule has 0 fully saturated rings. The highest BCUT2D eigenvalue weighted by atomic mass is 15.2. The monoisotopic (exact) mass is 780 g/mol. The van der Waals surface area contributed by atoms with Crippen LogP contribution >= 0.6 is 0 Å². The number of hydrogen-bond donors (Lipinski definition) is 0. The Morgan fingerprint density at radius 2 is 0.885 bits per heavy atom. The molecule has 9 aromatic rings. The van der Waals surface area contributed by atoms with Gasteiger partial charge in [0.1, 0.15) is 0 Å². The molecule has 0 bridgehead atoms. The van der Waals surface area contributed by atoms with Crippen molar-refractivity contribution in [1.29, 1.82) is 0 Å². The van der Waals surface area contributed by atoms with E-state index in [1.54, 1.807) is 0 Å². The van der Waals surface area contributed by atoms with Gasteiger partial charge in [-0.15, -0.1) is 0 Å². The van der Waals surface area contributed by atoms with Crippen molar-refractivity contribution in [3.63, 3.8) is 0 Å². The third-order valence-electron chi connectivity index (χ3n) is 12.6. The van der Waals surface area contributed by atoms with Gasteiger partial charge in [0.2, 0.25) is 0 Å². The van der Waals surface area contributed by atoms with E-state index in [0.29, 0.717) is 0 Å². The molecule has 0 radical (unpaired) electrons. The van der Waals surface area contributed by atoms with Gasteiger partial charge in [0, 0.05) is 44.7 Å². The average Bonchev–Trinajstić information content (AvgIpc) is 3.55. The van der Waals surface area contributed by atoms with E-state index in [0.717, 1.165) is 34.1 Å². The zero-order valence-electron chi connectivity index (χ0n) is 34.3. The first kappa shape index (κ1) is 36.4. The summed E-state index contributed by atoms with van der Waals surface area (Å²) >= 11 is 0. The van der Waals surface area contributed by atoms with Crippen LogP contribution in [0, 0.1) is 0 Å². The van der Waals surface area contributed by atoms with Crippen molar-refractivity contribution < 1.29 is 0 Å². The maximum absolute atomic E-state index is 2.48. The first-order chi connectivity index (χ1) is 30.1. The molecule has 2 nitrogen and oxygen atoms in total. The highest BCUT2D eigenvalue weighted by molar-refractivity contribution is 6.13. The van der Waals surface area contributed by atoms with E-state index in [-0.39, 0.29) is 5.41 Å². The smallest absolute Gasteiger partial charge is 0.0561 e. The van der Waals surface area contributed by atoms with Gasteiger partial charge in [-0.1, -0.05) is 196 Å². The van der Waals surface area contributed by atoms with E-state index in [1.165, 1.54) is 66.8 Å². The Labute approximate surface area is 359 Å². The molecule has 0 atom stereocenters. The van der Waals surface area contributed by atoms with Crippen LogP contribution in [0.2, 0.25) is 0 Å². The molecule has 1 heterocycles. The Morgan fingerprint density at radius 1 is 0.393 bits per heavy atom. The van der Waals surface area contributed by atoms with E-state index in [9.17, 15) is 0 Å². The first-order valence-corrected chi connectivity index (χ1v) is 21.2. The van der Waals surface area contributed by atoms with Crippen LogP contribution in [0.15, 0.2) is 231 Å². The minimum atomic E-state index is -0.152. The van der Waals surface area contributed by atoms with Crippen molar-refractivity contribution >= 4 is 45.3 Å². The number of rotatable bonds is 7. The lowest BCUT2D eigenvalue weighted by atomic mass is 9.81. The molecule has 1 aliphatic carbocycles. The topological polar surface area (TPSA) is 6.48 Å². The molecular weight excluding hydrogens is 737 g/mol. The van der Waals surface area contributed by atoms with Gasteiger partial charge in [-0.3, -0.25) is 0 Å². The van der Waals surface area contributed by atoms with Gasteiger partial charge in [0.05, 0.1) is 17.1 Å². The number of para-hydroxylation sites is 3. The Bertz CT molecular complexity index is 3050. The van der Waals surface area contributed by atoms with Gasteiger partial charge in [0.15, 0.2) is 0 Å². The van der Waals surface area contributed by atoms with E-state index >= 15 is 0 Å². The normalized spacial score (nSPS) is 13.1. The summed E-state index contributed by atoms with van der Waals surface area (Å²) in [6, 6.07) is 84.2. The molecule has 1 aliphatic heterocycles. The summed E-state index contributed by atoms with van der Waals surface area (Å²) in [5, 5.41) is 0. The number of anilines is 6. The van der Waals surface area contributed by atoms with E-state index in [2.05, 4.69) is 254 Å². The predicted molar refractivity (Wildman–Crippen MR) is 257 cm³/mol. The predicted octanol–water partition coefficient (Wildman–Crippen LogP) is 15.9. The van der Waals surface area contributed by atoms with Gasteiger partial charge in [-0.2, -0.15) is 0 Å². The molecule has 0 saturated heterocycles. The quantitative estimate of drug-likeness (QED) is 0.159. The molecular formula is C59H44N2. The molecule has 290 valence electrons. The van der Waals surface area contributed by atoms with Crippen molar-refractivity contribution in [2.24, 2.45) is 0 Å². The lowest BCUT2D eigenvalue weighted by Crippen LogP contribution is -2.20. The maximum atomic E-state index is 2.48. The maximum Gasteiger partial charge on any atom is 0.0561 e. The standard InChI is InChI=1S/C59H44N2/c1-59(2)52-32-18-15-30-48(52)49-37-35-45(39-53(49)59)60(54-33-19-16-29-47(54)41-21-7-3-8-22-41)46-36-38-51-56(40-46)61(44-27-13-6-14-28-44)55-34-20-17-31-50(55)58(51)57(42-23-9-4-10-24-42)43-25-11-5-12-26-43/h3-40H,1-2H3. The second-order valence-corrected chi connectivity index (χ2v) is 16.5.